The lowest BCUT2D eigenvalue weighted by atomic mass is 9.98. The van der Waals surface area contributed by atoms with E-state index >= 15 is 0 Å². The average Bonchev–Trinajstić information content (AvgIpc) is 3.72. The van der Waals surface area contributed by atoms with Gasteiger partial charge in [-0.05, 0) is 68.0 Å². The van der Waals surface area contributed by atoms with E-state index in [2.05, 4.69) is 65.3 Å². The number of hydrogen-bond acceptors (Lipinski definition) is 8. The van der Waals surface area contributed by atoms with Crippen molar-refractivity contribution in [3.8, 4) is 45.4 Å². The maximum absolute atomic E-state index is 11.5. The molecule has 12 heteroatoms. The van der Waals surface area contributed by atoms with Gasteiger partial charge in [0, 0.05) is 82.3 Å². The van der Waals surface area contributed by atoms with Gasteiger partial charge in [0.1, 0.15) is 0 Å². The number of ether oxygens (including phenoxy) is 2. The van der Waals surface area contributed by atoms with E-state index in [1.165, 1.54) is 0 Å². The van der Waals surface area contributed by atoms with E-state index in [0.717, 1.165) is 66.6 Å². The van der Waals surface area contributed by atoms with Crippen molar-refractivity contribution in [2.24, 2.45) is 0 Å². The monoisotopic (exact) mass is 776 g/mol. The molecule has 2 saturated heterocycles. The van der Waals surface area contributed by atoms with Gasteiger partial charge in [0.25, 0.3) is 0 Å². The Morgan fingerprint density at radius 2 is 1.08 bits per heavy atom. The molecule has 48 heavy (non-hydrogen) atoms. The number of nitrogens with zero attached hydrogens (tertiary/aromatic N) is 2. The van der Waals surface area contributed by atoms with Crippen molar-refractivity contribution in [1.29, 1.82) is 0 Å². The van der Waals surface area contributed by atoms with Gasteiger partial charge in [0.05, 0.1) is 25.6 Å². The summed E-state index contributed by atoms with van der Waals surface area (Å²) in [5.74, 6) is 1.33. The molecule has 0 radical (unpaired) electrons. The van der Waals surface area contributed by atoms with Gasteiger partial charge in [0.2, 0.25) is 23.6 Å². The second kappa shape index (κ2) is 15.6. The fourth-order valence-electron chi connectivity index (χ4n) is 6.16. The first-order valence-corrected chi connectivity index (χ1v) is 17.6. The SMILES string of the molecule is COc1nc(-c2cccc(-c3cccc(-c4ccc(CNC[C@H]5CCC(=O)N5)c(OC)n4)c3Br)c2Br)ccc1CNC[C@H]1CCC(=O)N1. The van der Waals surface area contributed by atoms with Crippen molar-refractivity contribution in [2.45, 2.75) is 50.9 Å². The molecular weight excluding hydrogens is 740 g/mol. The number of methoxy groups -OCH3 is 2. The largest absolute Gasteiger partial charge is 0.481 e. The molecule has 2 aliphatic heterocycles. The fraction of sp³-hybridized carbons (Fsp3) is 0.333. The van der Waals surface area contributed by atoms with Crippen LogP contribution in [0, 0.1) is 0 Å². The minimum absolute atomic E-state index is 0.112. The first-order valence-electron chi connectivity index (χ1n) is 16.0. The van der Waals surface area contributed by atoms with Crippen LogP contribution >= 0.6 is 31.9 Å². The first-order chi connectivity index (χ1) is 23.3. The second-order valence-electron chi connectivity index (χ2n) is 11.9. The van der Waals surface area contributed by atoms with Crippen LogP contribution in [-0.2, 0) is 22.7 Å². The average molecular weight is 779 g/mol. The molecule has 0 saturated carbocycles. The molecule has 0 aliphatic carbocycles. The number of amides is 2. The number of aromatic nitrogens is 2. The number of carbonyl (C=O) groups excluding carboxylic acids is 2. The van der Waals surface area contributed by atoms with Gasteiger partial charge in [-0.1, -0.05) is 48.5 Å². The van der Waals surface area contributed by atoms with Crippen molar-refractivity contribution in [3.63, 3.8) is 0 Å². The van der Waals surface area contributed by atoms with E-state index in [4.69, 9.17) is 19.4 Å². The lowest BCUT2D eigenvalue weighted by Gasteiger charge is -2.16. The van der Waals surface area contributed by atoms with Crippen LogP contribution in [0.15, 0.2) is 69.6 Å². The zero-order valence-electron chi connectivity index (χ0n) is 26.9. The number of halogens is 2. The van der Waals surface area contributed by atoms with E-state index in [1.54, 1.807) is 14.2 Å². The predicted octanol–water partition coefficient (Wildman–Crippen LogP) is 5.76. The van der Waals surface area contributed by atoms with Crippen molar-refractivity contribution >= 4 is 43.7 Å². The molecule has 0 spiro atoms. The van der Waals surface area contributed by atoms with Gasteiger partial charge >= 0.3 is 0 Å². The minimum Gasteiger partial charge on any atom is -0.481 e. The van der Waals surface area contributed by atoms with Gasteiger partial charge in [-0.3, -0.25) is 9.59 Å². The van der Waals surface area contributed by atoms with Crippen molar-refractivity contribution < 1.29 is 19.1 Å². The highest BCUT2D eigenvalue weighted by Gasteiger charge is 2.22. The van der Waals surface area contributed by atoms with E-state index in [1.807, 2.05) is 48.5 Å². The summed E-state index contributed by atoms with van der Waals surface area (Å²) in [5.41, 5.74) is 7.32. The number of nitrogens with one attached hydrogen (secondary N) is 4. The van der Waals surface area contributed by atoms with Gasteiger partial charge in [0.15, 0.2) is 0 Å². The molecule has 2 amide bonds. The highest BCUT2D eigenvalue weighted by Crippen LogP contribution is 2.42. The van der Waals surface area contributed by atoms with E-state index in [0.29, 0.717) is 50.8 Å². The highest BCUT2D eigenvalue weighted by atomic mass is 79.9. The lowest BCUT2D eigenvalue weighted by Crippen LogP contribution is -2.35. The topological polar surface area (TPSA) is 126 Å². The maximum Gasteiger partial charge on any atom is 0.220 e. The minimum atomic E-state index is 0.112. The Morgan fingerprint density at radius 3 is 1.46 bits per heavy atom. The molecule has 4 aromatic rings. The zero-order valence-corrected chi connectivity index (χ0v) is 30.0. The van der Waals surface area contributed by atoms with E-state index in [-0.39, 0.29) is 23.9 Å². The smallest absolute Gasteiger partial charge is 0.220 e. The van der Waals surface area contributed by atoms with Crippen LogP contribution < -0.4 is 30.7 Å². The molecular formula is C36H38Br2N6O4. The second-order valence-corrected chi connectivity index (χ2v) is 13.5. The standard InChI is InChI=1S/C36H38Br2N6O4/c1-47-35-21(17-39-19-23-11-15-31(45)41-23)9-13-29(43-35)27-7-3-5-25(33(27)37)26-6-4-8-28(34(26)38)30-14-10-22(36(44-30)48-2)18-40-20-24-12-16-32(46)42-24/h3-10,13-14,23-24,39-40H,11-12,15-20H2,1-2H3,(H,41,45)(H,42,46)/t23-,24-/m1/s1. The predicted molar refractivity (Wildman–Crippen MR) is 193 cm³/mol. The number of rotatable bonds is 13. The summed E-state index contributed by atoms with van der Waals surface area (Å²) in [4.78, 5) is 32.7. The zero-order chi connectivity index (χ0) is 33.6. The Bertz CT molecular complexity index is 1690. The van der Waals surface area contributed by atoms with Gasteiger partial charge in [-0.25, -0.2) is 9.97 Å². The Balaban J connectivity index is 1.20. The molecule has 0 unspecified atom stereocenters. The number of benzene rings is 2. The number of hydrogen-bond donors (Lipinski definition) is 4. The van der Waals surface area contributed by atoms with Crippen LogP contribution in [0.1, 0.15) is 36.8 Å². The Hall–Kier alpha value is -3.84. The summed E-state index contributed by atoms with van der Waals surface area (Å²) >= 11 is 7.78. The first kappa shape index (κ1) is 34.0. The molecule has 4 N–H and O–H groups in total. The van der Waals surface area contributed by atoms with Crippen molar-refractivity contribution in [3.05, 3.63) is 80.7 Å². The molecule has 2 aromatic heterocycles. The van der Waals surface area contributed by atoms with Crippen molar-refractivity contribution in [1.82, 2.24) is 31.2 Å². The molecule has 250 valence electrons. The third-order valence-corrected chi connectivity index (χ3v) is 10.4. The van der Waals surface area contributed by atoms with Crippen LogP contribution in [0.25, 0.3) is 33.6 Å². The van der Waals surface area contributed by atoms with Crippen LogP contribution in [0.3, 0.4) is 0 Å². The molecule has 10 nitrogen and oxygen atoms in total. The summed E-state index contributed by atoms with van der Waals surface area (Å²) in [6.07, 6.45) is 2.87. The number of carbonyl (C=O) groups is 2. The van der Waals surface area contributed by atoms with E-state index in [9.17, 15) is 9.59 Å². The van der Waals surface area contributed by atoms with Crippen molar-refractivity contribution in [2.75, 3.05) is 27.3 Å². The summed E-state index contributed by atoms with van der Waals surface area (Å²) < 4.78 is 13.2. The quantitative estimate of drug-likeness (QED) is 0.135. The van der Waals surface area contributed by atoms with Crippen LogP contribution in [0.5, 0.6) is 11.8 Å². The molecule has 2 atom stereocenters. The molecule has 2 aliphatic rings. The van der Waals surface area contributed by atoms with Crippen LogP contribution in [0.2, 0.25) is 0 Å². The maximum atomic E-state index is 11.5. The Morgan fingerprint density at radius 1 is 0.667 bits per heavy atom. The Labute approximate surface area is 297 Å². The molecule has 2 fully saturated rings. The molecule has 4 heterocycles. The third-order valence-electron chi connectivity index (χ3n) is 8.69. The highest BCUT2D eigenvalue weighted by molar-refractivity contribution is 9.11. The number of pyridine rings is 2. The Kier molecular flexibility index (Phi) is 11.1. The van der Waals surface area contributed by atoms with Crippen LogP contribution in [0.4, 0.5) is 0 Å². The van der Waals surface area contributed by atoms with Crippen LogP contribution in [-0.4, -0.2) is 61.2 Å². The van der Waals surface area contributed by atoms with Gasteiger partial charge in [-0.2, -0.15) is 0 Å². The summed E-state index contributed by atoms with van der Waals surface area (Å²) in [5, 5.41) is 12.8. The molecule has 6 rings (SSSR count). The third kappa shape index (κ3) is 7.72. The molecule has 2 aromatic carbocycles. The van der Waals surface area contributed by atoms with E-state index < -0.39 is 0 Å². The summed E-state index contributed by atoms with van der Waals surface area (Å²) in [7, 11) is 3.26. The fourth-order valence-corrected chi connectivity index (χ4v) is 7.52. The summed E-state index contributed by atoms with van der Waals surface area (Å²) in [6.45, 7) is 2.56. The lowest BCUT2D eigenvalue weighted by molar-refractivity contribution is -0.120. The van der Waals surface area contributed by atoms with Gasteiger partial charge in [-0.15, -0.1) is 0 Å². The summed E-state index contributed by atoms with van der Waals surface area (Å²) in [6, 6.07) is 20.6. The molecule has 0 bridgehead atoms. The normalized spacial score (nSPS) is 17.3. The van der Waals surface area contributed by atoms with Gasteiger partial charge < -0.3 is 30.7 Å².